The number of hydrogen-bond donors (Lipinski definition) is 2. The molecule has 2 heterocycles. The van der Waals surface area contributed by atoms with Gasteiger partial charge >= 0.3 is 0 Å². The maximum Gasteiger partial charge on any atom is 0.261 e. The van der Waals surface area contributed by atoms with Gasteiger partial charge in [-0.1, -0.05) is 26.2 Å². The van der Waals surface area contributed by atoms with Crippen LogP contribution in [0.25, 0.3) is 0 Å². The van der Waals surface area contributed by atoms with Crippen LogP contribution in [0.2, 0.25) is 0 Å². The van der Waals surface area contributed by atoms with Crippen LogP contribution in [0.15, 0.2) is 18.2 Å². The summed E-state index contributed by atoms with van der Waals surface area (Å²) in [7, 11) is 0. The van der Waals surface area contributed by atoms with Gasteiger partial charge in [-0.05, 0) is 49.9 Å². The van der Waals surface area contributed by atoms with Crippen molar-refractivity contribution in [1.29, 1.82) is 0 Å². The van der Waals surface area contributed by atoms with Crippen molar-refractivity contribution in [2.24, 2.45) is 5.92 Å². The minimum atomic E-state index is -0.246. The fraction of sp³-hybridized carbons (Fsp3) is 0.571. The molecule has 2 N–H and O–H groups in total. The van der Waals surface area contributed by atoms with E-state index in [0.717, 1.165) is 45.2 Å². The van der Waals surface area contributed by atoms with E-state index in [2.05, 4.69) is 17.6 Å². The molecule has 4 rings (SSSR count). The highest BCUT2D eigenvalue weighted by Gasteiger charge is 2.40. The zero-order valence-electron chi connectivity index (χ0n) is 16.2. The molecule has 0 bridgehead atoms. The summed E-state index contributed by atoms with van der Waals surface area (Å²) in [5.41, 5.74) is 1.24. The van der Waals surface area contributed by atoms with Crippen molar-refractivity contribution in [3.63, 3.8) is 0 Å². The van der Waals surface area contributed by atoms with E-state index in [1.54, 1.807) is 18.2 Å². The van der Waals surface area contributed by atoms with Crippen LogP contribution in [0.4, 0.5) is 0 Å². The van der Waals surface area contributed by atoms with Gasteiger partial charge in [-0.25, -0.2) is 0 Å². The van der Waals surface area contributed by atoms with E-state index in [1.807, 2.05) is 0 Å². The van der Waals surface area contributed by atoms with Crippen molar-refractivity contribution >= 4 is 30.1 Å². The molecule has 3 aliphatic rings. The number of carbonyl (C=O) groups is 3. The normalized spacial score (nSPS) is 25.2. The second-order valence-corrected chi connectivity index (χ2v) is 8.08. The summed E-state index contributed by atoms with van der Waals surface area (Å²) >= 11 is 0. The first-order chi connectivity index (χ1) is 13.1. The minimum absolute atomic E-state index is 0. The molecule has 0 radical (unpaired) electrons. The predicted molar refractivity (Wildman–Crippen MR) is 109 cm³/mol. The fourth-order valence-electron chi connectivity index (χ4n) is 4.51. The third kappa shape index (κ3) is 3.80. The first kappa shape index (κ1) is 20.8. The summed E-state index contributed by atoms with van der Waals surface area (Å²) in [6, 6.07) is 4.96. The highest BCUT2D eigenvalue weighted by atomic mass is 35.5. The molecule has 2 fully saturated rings. The van der Waals surface area contributed by atoms with Crippen molar-refractivity contribution in [1.82, 2.24) is 15.5 Å². The Labute approximate surface area is 171 Å². The Morgan fingerprint density at radius 2 is 1.79 bits per heavy atom. The molecule has 0 aromatic heterocycles. The van der Waals surface area contributed by atoms with Crippen molar-refractivity contribution in [2.45, 2.75) is 57.5 Å². The van der Waals surface area contributed by atoms with Gasteiger partial charge in [0, 0.05) is 24.2 Å². The number of benzene rings is 1. The van der Waals surface area contributed by atoms with Gasteiger partial charge in [0.05, 0.1) is 11.1 Å². The zero-order valence-corrected chi connectivity index (χ0v) is 17.0. The molecule has 1 saturated carbocycles. The van der Waals surface area contributed by atoms with E-state index in [1.165, 1.54) is 11.3 Å². The molecule has 1 aliphatic carbocycles. The lowest BCUT2D eigenvalue weighted by atomic mass is 9.94. The second kappa shape index (κ2) is 8.62. The van der Waals surface area contributed by atoms with E-state index in [4.69, 9.17) is 0 Å². The minimum Gasteiger partial charge on any atom is -0.348 e. The van der Waals surface area contributed by atoms with Crippen LogP contribution in [0.1, 0.15) is 76.5 Å². The lowest BCUT2D eigenvalue weighted by Gasteiger charge is -2.30. The Bertz CT molecular complexity index is 776. The molecule has 3 amide bonds. The third-order valence-electron chi connectivity index (χ3n) is 6.26. The molecule has 6 nitrogen and oxygen atoms in total. The molecule has 7 heteroatoms. The number of halogens is 1. The van der Waals surface area contributed by atoms with Crippen LogP contribution in [0.3, 0.4) is 0 Å². The largest absolute Gasteiger partial charge is 0.348 e. The van der Waals surface area contributed by atoms with Crippen molar-refractivity contribution in [3.8, 4) is 0 Å². The van der Waals surface area contributed by atoms with Gasteiger partial charge < -0.3 is 10.6 Å². The lowest BCUT2D eigenvalue weighted by Crippen LogP contribution is -2.50. The van der Waals surface area contributed by atoms with E-state index >= 15 is 0 Å². The van der Waals surface area contributed by atoms with Crippen LogP contribution in [0, 0.1) is 5.92 Å². The summed E-state index contributed by atoms with van der Waals surface area (Å²) in [6.45, 7) is 3.86. The molecular weight excluding hydrogens is 378 g/mol. The molecule has 1 aromatic carbocycles. The topological polar surface area (TPSA) is 78.5 Å². The lowest BCUT2D eigenvalue weighted by molar-refractivity contribution is 0.0548. The molecule has 28 heavy (non-hydrogen) atoms. The molecule has 2 atom stereocenters. The van der Waals surface area contributed by atoms with Crippen LogP contribution in [-0.4, -0.2) is 47.8 Å². The Morgan fingerprint density at radius 1 is 1.07 bits per heavy atom. The van der Waals surface area contributed by atoms with Crippen molar-refractivity contribution in [3.05, 3.63) is 34.9 Å². The summed E-state index contributed by atoms with van der Waals surface area (Å²) < 4.78 is 0. The van der Waals surface area contributed by atoms with Gasteiger partial charge in [0.25, 0.3) is 17.7 Å². The van der Waals surface area contributed by atoms with Crippen molar-refractivity contribution < 1.29 is 14.4 Å². The summed E-state index contributed by atoms with van der Waals surface area (Å²) in [6.07, 6.45) is 6.06. The molecule has 1 aromatic rings. The molecular formula is C21H28ClN3O3. The van der Waals surface area contributed by atoms with Gasteiger partial charge in [-0.15, -0.1) is 12.4 Å². The maximum absolute atomic E-state index is 12.9. The van der Waals surface area contributed by atoms with Crippen LogP contribution in [-0.2, 0) is 0 Å². The highest BCUT2D eigenvalue weighted by molar-refractivity contribution is 6.22. The Morgan fingerprint density at radius 3 is 2.50 bits per heavy atom. The number of imide groups is 1. The SMILES string of the molecule is CC1CCNCC1NC(=O)c1ccc2c(c1)C(=O)N(C1CCCCC1)C2=O.Cl. The number of nitrogens with zero attached hydrogens (tertiary/aromatic N) is 1. The molecule has 152 valence electrons. The molecule has 1 saturated heterocycles. The quantitative estimate of drug-likeness (QED) is 0.758. The van der Waals surface area contributed by atoms with E-state index in [0.29, 0.717) is 22.6 Å². The first-order valence-corrected chi connectivity index (χ1v) is 10.1. The highest BCUT2D eigenvalue weighted by Crippen LogP contribution is 2.31. The van der Waals surface area contributed by atoms with Gasteiger partial charge in [0.2, 0.25) is 0 Å². The third-order valence-corrected chi connectivity index (χ3v) is 6.26. The summed E-state index contributed by atoms with van der Waals surface area (Å²) in [5, 5.41) is 6.36. The predicted octanol–water partition coefficient (Wildman–Crippen LogP) is 2.76. The number of hydrogen-bond acceptors (Lipinski definition) is 4. The van der Waals surface area contributed by atoms with Crippen molar-refractivity contribution in [2.75, 3.05) is 13.1 Å². The van der Waals surface area contributed by atoms with Gasteiger partial charge in [-0.2, -0.15) is 0 Å². The monoisotopic (exact) mass is 405 g/mol. The number of piperidine rings is 1. The standard InChI is InChI=1S/C21H27N3O3.ClH/c1-13-9-10-22-12-18(13)23-19(25)14-7-8-16-17(11-14)21(27)24(20(16)26)15-5-3-2-4-6-15;/h7-8,11,13,15,18,22H,2-6,9-10,12H2,1H3,(H,23,25);1H. The Balaban J connectivity index is 0.00000225. The van der Waals surface area contributed by atoms with Gasteiger partial charge in [-0.3, -0.25) is 19.3 Å². The molecule has 2 aliphatic heterocycles. The summed E-state index contributed by atoms with van der Waals surface area (Å²) in [4.78, 5) is 39.7. The number of carbonyl (C=O) groups excluding carboxylic acids is 3. The van der Waals surface area contributed by atoms with E-state index < -0.39 is 0 Å². The number of amides is 3. The Kier molecular flexibility index (Phi) is 6.40. The summed E-state index contributed by atoms with van der Waals surface area (Å²) in [5.74, 6) is -0.229. The Hall–Kier alpha value is -1.92. The van der Waals surface area contributed by atoms with Gasteiger partial charge in [0.15, 0.2) is 0 Å². The first-order valence-electron chi connectivity index (χ1n) is 10.1. The fourth-order valence-corrected chi connectivity index (χ4v) is 4.51. The average Bonchev–Trinajstić information content (AvgIpc) is 2.94. The van der Waals surface area contributed by atoms with E-state index in [9.17, 15) is 14.4 Å². The maximum atomic E-state index is 12.9. The second-order valence-electron chi connectivity index (χ2n) is 8.08. The molecule has 0 spiro atoms. The zero-order chi connectivity index (χ0) is 19.0. The number of rotatable bonds is 3. The van der Waals surface area contributed by atoms with Gasteiger partial charge in [0.1, 0.15) is 0 Å². The average molecular weight is 406 g/mol. The number of nitrogens with one attached hydrogen (secondary N) is 2. The number of fused-ring (bicyclic) bond motifs is 1. The van der Waals surface area contributed by atoms with E-state index in [-0.39, 0.29) is 42.2 Å². The van der Waals surface area contributed by atoms with Crippen LogP contribution < -0.4 is 10.6 Å². The smallest absolute Gasteiger partial charge is 0.261 e. The molecule has 2 unspecified atom stereocenters. The van der Waals surface area contributed by atoms with Crippen LogP contribution in [0.5, 0.6) is 0 Å². The van der Waals surface area contributed by atoms with Crippen LogP contribution >= 0.6 is 12.4 Å².